The number of nitrogens with one attached hydrogen (secondary N) is 1. The predicted molar refractivity (Wildman–Crippen MR) is 75.5 cm³/mol. The van der Waals surface area contributed by atoms with Crippen molar-refractivity contribution in [2.24, 2.45) is 5.92 Å². The third kappa shape index (κ3) is 3.33. The van der Waals surface area contributed by atoms with Gasteiger partial charge in [0.15, 0.2) is 0 Å². The Bertz CT molecular complexity index is 373. The van der Waals surface area contributed by atoms with Crippen molar-refractivity contribution in [2.45, 2.75) is 51.6 Å². The zero-order chi connectivity index (χ0) is 13.0. The summed E-state index contributed by atoms with van der Waals surface area (Å²) < 4.78 is 0. The first-order valence-corrected chi connectivity index (χ1v) is 7.05. The average Bonchev–Trinajstić information content (AvgIpc) is 2.38. The molecule has 18 heavy (non-hydrogen) atoms. The van der Waals surface area contributed by atoms with Gasteiger partial charge in [0.05, 0.1) is 6.61 Å². The Morgan fingerprint density at radius 3 is 2.67 bits per heavy atom. The van der Waals surface area contributed by atoms with Crippen molar-refractivity contribution in [1.29, 1.82) is 0 Å². The second kappa shape index (κ2) is 5.85. The second-order valence-electron chi connectivity index (χ2n) is 5.98. The first kappa shape index (κ1) is 13.6. The molecule has 1 aromatic carbocycles. The number of aliphatic hydroxyl groups is 1. The zero-order valence-electron chi connectivity index (χ0n) is 11.6. The number of hydrogen-bond donors (Lipinski definition) is 2. The number of aryl methyl sites for hydroxylation is 1. The summed E-state index contributed by atoms with van der Waals surface area (Å²) in [6.45, 7) is 5.50. The summed E-state index contributed by atoms with van der Waals surface area (Å²) >= 11 is 0. The molecule has 0 saturated heterocycles. The summed E-state index contributed by atoms with van der Waals surface area (Å²) in [5.41, 5.74) is 2.54. The third-order valence-corrected chi connectivity index (χ3v) is 4.18. The van der Waals surface area contributed by atoms with Crippen molar-refractivity contribution in [3.8, 4) is 0 Å². The molecule has 1 fully saturated rings. The Kier molecular flexibility index (Phi) is 4.41. The summed E-state index contributed by atoms with van der Waals surface area (Å²) in [5, 5.41) is 13.3. The fourth-order valence-corrected chi connectivity index (χ4v) is 3.02. The van der Waals surface area contributed by atoms with Crippen LogP contribution in [0.5, 0.6) is 0 Å². The van der Waals surface area contributed by atoms with Gasteiger partial charge in [-0.15, -0.1) is 0 Å². The molecule has 1 aromatic rings. The largest absolute Gasteiger partial charge is 0.394 e. The lowest BCUT2D eigenvalue weighted by molar-refractivity contribution is 0.0982. The average molecular weight is 247 g/mol. The summed E-state index contributed by atoms with van der Waals surface area (Å²) in [5.74, 6) is 0.719. The summed E-state index contributed by atoms with van der Waals surface area (Å²) in [6, 6.07) is 8.62. The molecule has 0 radical (unpaired) electrons. The van der Waals surface area contributed by atoms with Crippen LogP contribution < -0.4 is 5.32 Å². The SMILES string of the molecule is Cc1ccc(CNC2(CO)CCCC(C)C2)cc1. The highest BCUT2D eigenvalue weighted by molar-refractivity contribution is 5.21. The summed E-state index contributed by atoms with van der Waals surface area (Å²) in [4.78, 5) is 0. The van der Waals surface area contributed by atoms with E-state index in [0.717, 1.165) is 25.3 Å². The molecule has 0 spiro atoms. The standard InChI is InChI=1S/C16H25NO/c1-13-5-7-15(8-6-13)11-17-16(12-18)9-3-4-14(2)10-16/h5-8,14,17-18H,3-4,9-12H2,1-2H3. The van der Waals surface area contributed by atoms with Gasteiger partial charge in [-0.1, -0.05) is 49.6 Å². The molecule has 2 nitrogen and oxygen atoms in total. The van der Waals surface area contributed by atoms with E-state index in [1.807, 2.05) is 0 Å². The van der Waals surface area contributed by atoms with E-state index in [9.17, 15) is 5.11 Å². The Labute approximate surface area is 110 Å². The van der Waals surface area contributed by atoms with Gasteiger partial charge in [-0.2, -0.15) is 0 Å². The number of rotatable bonds is 4. The highest BCUT2D eigenvalue weighted by Gasteiger charge is 2.33. The zero-order valence-corrected chi connectivity index (χ0v) is 11.6. The number of hydrogen-bond acceptors (Lipinski definition) is 2. The smallest absolute Gasteiger partial charge is 0.0613 e. The molecule has 2 unspecified atom stereocenters. The third-order valence-electron chi connectivity index (χ3n) is 4.18. The van der Waals surface area contributed by atoms with E-state index in [1.165, 1.54) is 24.0 Å². The van der Waals surface area contributed by atoms with Gasteiger partial charge in [-0.3, -0.25) is 0 Å². The molecule has 1 saturated carbocycles. The fraction of sp³-hybridized carbons (Fsp3) is 0.625. The van der Waals surface area contributed by atoms with Crippen molar-refractivity contribution in [1.82, 2.24) is 5.32 Å². The van der Waals surface area contributed by atoms with Crippen LogP contribution in [0.4, 0.5) is 0 Å². The minimum absolute atomic E-state index is 0.0530. The van der Waals surface area contributed by atoms with E-state index in [-0.39, 0.29) is 12.1 Å². The first-order chi connectivity index (χ1) is 8.63. The van der Waals surface area contributed by atoms with Crippen molar-refractivity contribution >= 4 is 0 Å². The van der Waals surface area contributed by atoms with E-state index in [4.69, 9.17) is 0 Å². The molecule has 0 bridgehead atoms. The maximum absolute atomic E-state index is 9.72. The summed E-state index contributed by atoms with van der Waals surface area (Å²) in [6.07, 6.45) is 4.71. The minimum Gasteiger partial charge on any atom is -0.394 e. The molecular weight excluding hydrogens is 222 g/mol. The second-order valence-corrected chi connectivity index (χ2v) is 5.98. The highest BCUT2D eigenvalue weighted by atomic mass is 16.3. The molecule has 2 atom stereocenters. The molecule has 0 heterocycles. The van der Waals surface area contributed by atoms with Gasteiger partial charge in [-0.25, -0.2) is 0 Å². The minimum atomic E-state index is -0.0530. The molecule has 100 valence electrons. The van der Waals surface area contributed by atoms with Crippen LogP contribution >= 0.6 is 0 Å². The molecule has 2 N–H and O–H groups in total. The quantitative estimate of drug-likeness (QED) is 0.857. The molecule has 1 aliphatic rings. The number of benzene rings is 1. The van der Waals surface area contributed by atoms with Crippen LogP contribution in [0.15, 0.2) is 24.3 Å². The lowest BCUT2D eigenvalue weighted by Gasteiger charge is -2.39. The van der Waals surface area contributed by atoms with Gasteiger partial charge in [0, 0.05) is 12.1 Å². The van der Waals surface area contributed by atoms with Crippen LogP contribution in [-0.4, -0.2) is 17.3 Å². The van der Waals surface area contributed by atoms with Crippen LogP contribution in [0.2, 0.25) is 0 Å². The van der Waals surface area contributed by atoms with Gasteiger partial charge in [0.25, 0.3) is 0 Å². The van der Waals surface area contributed by atoms with E-state index in [2.05, 4.69) is 43.4 Å². The van der Waals surface area contributed by atoms with Crippen molar-refractivity contribution in [2.75, 3.05) is 6.61 Å². The molecule has 0 aliphatic heterocycles. The maximum Gasteiger partial charge on any atom is 0.0613 e. The topological polar surface area (TPSA) is 32.3 Å². The Balaban J connectivity index is 1.96. The van der Waals surface area contributed by atoms with Crippen molar-refractivity contribution in [3.05, 3.63) is 35.4 Å². The van der Waals surface area contributed by atoms with Crippen LogP contribution in [0.25, 0.3) is 0 Å². The van der Waals surface area contributed by atoms with Crippen LogP contribution in [0, 0.1) is 12.8 Å². The van der Waals surface area contributed by atoms with E-state index in [0.29, 0.717) is 0 Å². The Morgan fingerprint density at radius 1 is 1.33 bits per heavy atom. The molecule has 0 aromatic heterocycles. The first-order valence-electron chi connectivity index (χ1n) is 7.05. The lowest BCUT2D eigenvalue weighted by Crippen LogP contribution is -2.51. The monoisotopic (exact) mass is 247 g/mol. The maximum atomic E-state index is 9.72. The highest BCUT2D eigenvalue weighted by Crippen LogP contribution is 2.32. The van der Waals surface area contributed by atoms with E-state index >= 15 is 0 Å². The Morgan fingerprint density at radius 2 is 2.06 bits per heavy atom. The van der Waals surface area contributed by atoms with Gasteiger partial charge in [0.2, 0.25) is 0 Å². The number of aliphatic hydroxyl groups excluding tert-OH is 1. The molecular formula is C16H25NO. The normalized spacial score (nSPS) is 28.3. The van der Waals surface area contributed by atoms with Crippen molar-refractivity contribution < 1.29 is 5.11 Å². The lowest BCUT2D eigenvalue weighted by atomic mass is 9.77. The molecule has 2 rings (SSSR count). The van der Waals surface area contributed by atoms with Gasteiger partial charge in [-0.05, 0) is 31.2 Å². The molecule has 0 amide bonds. The molecule has 1 aliphatic carbocycles. The van der Waals surface area contributed by atoms with E-state index < -0.39 is 0 Å². The predicted octanol–water partition coefficient (Wildman–Crippen LogP) is 3.03. The van der Waals surface area contributed by atoms with Gasteiger partial charge in [0.1, 0.15) is 0 Å². The summed E-state index contributed by atoms with van der Waals surface area (Å²) in [7, 11) is 0. The van der Waals surface area contributed by atoms with Crippen molar-refractivity contribution in [3.63, 3.8) is 0 Å². The Hall–Kier alpha value is -0.860. The van der Waals surface area contributed by atoms with Crippen LogP contribution in [-0.2, 0) is 6.54 Å². The van der Waals surface area contributed by atoms with E-state index in [1.54, 1.807) is 0 Å². The molecule has 2 heteroatoms. The fourth-order valence-electron chi connectivity index (χ4n) is 3.02. The van der Waals surface area contributed by atoms with Crippen LogP contribution in [0.1, 0.15) is 43.7 Å². The van der Waals surface area contributed by atoms with Crippen LogP contribution in [0.3, 0.4) is 0 Å². The van der Waals surface area contributed by atoms with Gasteiger partial charge < -0.3 is 10.4 Å². The van der Waals surface area contributed by atoms with Gasteiger partial charge >= 0.3 is 0 Å².